The van der Waals surface area contributed by atoms with E-state index in [4.69, 9.17) is 4.74 Å². The van der Waals surface area contributed by atoms with Crippen LogP contribution < -0.4 is 0 Å². The Morgan fingerprint density at radius 3 is 2.95 bits per heavy atom. The van der Waals surface area contributed by atoms with Crippen LogP contribution in [0, 0.1) is 25.7 Å². The Morgan fingerprint density at radius 2 is 2.23 bits per heavy atom. The number of carbonyl (C=O) groups is 1. The van der Waals surface area contributed by atoms with Crippen LogP contribution in [-0.2, 0) is 9.53 Å². The molecule has 22 heavy (non-hydrogen) atoms. The number of nitrogens with zero attached hydrogens (tertiary/aromatic N) is 2. The lowest BCUT2D eigenvalue weighted by Crippen LogP contribution is -2.08. The van der Waals surface area contributed by atoms with Crippen molar-refractivity contribution in [2.45, 2.75) is 38.6 Å². The molecule has 2 heterocycles. The molecule has 118 valence electrons. The molecule has 2 aromatic rings. The van der Waals surface area contributed by atoms with Crippen molar-refractivity contribution in [3.05, 3.63) is 16.8 Å². The maximum atomic E-state index is 11.7. The molecule has 1 fully saturated rings. The molecule has 2 unspecified atom stereocenters. The van der Waals surface area contributed by atoms with Gasteiger partial charge in [-0.2, -0.15) is 0 Å². The first kappa shape index (κ1) is 15.7. The average Bonchev–Trinajstić information content (AvgIpc) is 3.12. The summed E-state index contributed by atoms with van der Waals surface area (Å²) in [6.45, 7) is 6.99. The van der Waals surface area contributed by atoms with Crippen molar-refractivity contribution in [1.82, 2.24) is 9.97 Å². The van der Waals surface area contributed by atoms with Gasteiger partial charge < -0.3 is 4.74 Å². The van der Waals surface area contributed by atoms with E-state index in [9.17, 15) is 4.79 Å². The maximum Gasteiger partial charge on any atom is 0.306 e. The predicted molar refractivity (Wildman–Crippen MR) is 90.5 cm³/mol. The maximum absolute atomic E-state index is 11.7. The number of fused-ring (bicyclic) bond motifs is 1. The summed E-state index contributed by atoms with van der Waals surface area (Å²) in [6.07, 6.45) is 3.23. The molecule has 0 saturated heterocycles. The van der Waals surface area contributed by atoms with Crippen molar-refractivity contribution in [3.63, 3.8) is 0 Å². The smallest absolute Gasteiger partial charge is 0.306 e. The molecule has 0 spiro atoms. The molecule has 6 heteroatoms. The van der Waals surface area contributed by atoms with Crippen LogP contribution >= 0.6 is 23.1 Å². The predicted octanol–water partition coefficient (Wildman–Crippen LogP) is 3.99. The van der Waals surface area contributed by atoms with Gasteiger partial charge >= 0.3 is 5.97 Å². The van der Waals surface area contributed by atoms with Crippen molar-refractivity contribution in [1.29, 1.82) is 0 Å². The highest BCUT2D eigenvalue weighted by atomic mass is 32.2. The Balaban J connectivity index is 1.54. The third kappa shape index (κ3) is 3.43. The fourth-order valence-corrected chi connectivity index (χ4v) is 4.43. The van der Waals surface area contributed by atoms with Crippen LogP contribution in [0.15, 0.2) is 11.4 Å². The molecule has 1 saturated carbocycles. The standard InChI is InChI=1S/C16H20N2O2S2/c1-9-6-12(9)7-20-13(19)4-5-21-15-14-10(2)11(3)22-16(14)18-8-17-15/h8-9,12H,4-7H2,1-3H3. The Bertz CT molecular complexity index is 699. The summed E-state index contributed by atoms with van der Waals surface area (Å²) in [5, 5.41) is 2.10. The Kier molecular flexibility index (Phi) is 4.68. The topological polar surface area (TPSA) is 52.1 Å². The van der Waals surface area contributed by atoms with Crippen LogP contribution in [0.3, 0.4) is 0 Å². The summed E-state index contributed by atoms with van der Waals surface area (Å²) in [5.41, 5.74) is 1.24. The van der Waals surface area contributed by atoms with Gasteiger partial charge in [0.15, 0.2) is 0 Å². The van der Waals surface area contributed by atoms with E-state index in [1.54, 1.807) is 29.4 Å². The van der Waals surface area contributed by atoms with E-state index in [2.05, 4.69) is 30.7 Å². The molecule has 0 N–H and O–H groups in total. The molecular formula is C16H20N2O2S2. The fourth-order valence-electron chi connectivity index (χ4n) is 2.39. The zero-order valence-corrected chi connectivity index (χ0v) is 14.7. The highest BCUT2D eigenvalue weighted by Crippen LogP contribution is 2.38. The van der Waals surface area contributed by atoms with Crippen LogP contribution in [0.25, 0.3) is 10.2 Å². The quantitative estimate of drug-likeness (QED) is 0.453. The first-order valence-electron chi connectivity index (χ1n) is 7.55. The van der Waals surface area contributed by atoms with E-state index in [1.807, 2.05) is 0 Å². The SMILES string of the molecule is Cc1sc2ncnc(SCCC(=O)OCC3CC3C)c2c1C. The van der Waals surface area contributed by atoms with Crippen molar-refractivity contribution >= 4 is 39.3 Å². The van der Waals surface area contributed by atoms with Crippen molar-refractivity contribution in [2.75, 3.05) is 12.4 Å². The molecule has 4 nitrogen and oxygen atoms in total. The molecule has 1 aliphatic carbocycles. The van der Waals surface area contributed by atoms with Gasteiger partial charge in [0.05, 0.1) is 13.0 Å². The van der Waals surface area contributed by atoms with Gasteiger partial charge in [-0.3, -0.25) is 4.79 Å². The monoisotopic (exact) mass is 336 g/mol. The molecule has 2 atom stereocenters. The Morgan fingerprint density at radius 1 is 1.45 bits per heavy atom. The molecule has 1 aliphatic rings. The third-order valence-corrected chi connectivity index (χ3v) is 6.32. The molecule has 0 bridgehead atoms. The number of hydrogen-bond acceptors (Lipinski definition) is 6. The number of hydrogen-bond donors (Lipinski definition) is 0. The number of thioether (sulfide) groups is 1. The summed E-state index contributed by atoms with van der Waals surface area (Å²) >= 11 is 3.31. The van der Waals surface area contributed by atoms with Gasteiger partial charge in [-0.15, -0.1) is 23.1 Å². The summed E-state index contributed by atoms with van der Waals surface area (Å²) < 4.78 is 5.31. The van der Waals surface area contributed by atoms with Gasteiger partial charge in [0.2, 0.25) is 0 Å². The van der Waals surface area contributed by atoms with E-state index < -0.39 is 0 Å². The minimum Gasteiger partial charge on any atom is -0.465 e. The van der Waals surface area contributed by atoms with Crippen LogP contribution in [0.5, 0.6) is 0 Å². The molecule has 0 amide bonds. The molecule has 0 radical (unpaired) electrons. The van der Waals surface area contributed by atoms with Gasteiger partial charge in [0, 0.05) is 16.0 Å². The zero-order valence-electron chi connectivity index (χ0n) is 13.1. The van der Waals surface area contributed by atoms with Crippen LogP contribution in [0.2, 0.25) is 0 Å². The van der Waals surface area contributed by atoms with Gasteiger partial charge in [0.25, 0.3) is 0 Å². The second-order valence-corrected chi connectivity index (χ2v) is 8.18. The second kappa shape index (κ2) is 6.54. The molecule has 3 rings (SSSR count). The van der Waals surface area contributed by atoms with Gasteiger partial charge in [-0.05, 0) is 37.7 Å². The summed E-state index contributed by atoms with van der Waals surface area (Å²) in [4.78, 5) is 22.8. The van der Waals surface area contributed by atoms with Crippen molar-refractivity contribution in [2.24, 2.45) is 11.8 Å². The van der Waals surface area contributed by atoms with Crippen molar-refractivity contribution < 1.29 is 9.53 Å². The lowest BCUT2D eigenvalue weighted by Gasteiger charge is -2.05. The molecule has 0 aromatic carbocycles. The Hall–Kier alpha value is -1.14. The number of aromatic nitrogens is 2. The van der Waals surface area contributed by atoms with E-state index >= 15 is 0 Å². The molecule has 0 aliphatic heterocycles. The highest BCUT2D eigenvalue weighted by Gasteiger charge is 2.33. The molecule has 2 aromatic heterocycles. The first-order valence-corrected chi connectivity index (χ1v) is 9.35. The van der Waals surface area contributed by atoms with Crippen molar-refractivity contribution in [3.8, 4) is 0 Å². The van der Waals surface area contributed by atoms with E-state index in [-0.39, 0.29) is 5.97 Å². The summed E-state index contributed by atoms with van der Waals surface area (Å²) in [5.74, 6) is 1.91. The van der Waals surface area contributed by atoms with E-state index in [0.29, 0.717) is 24.7 Å². The minimum absolute atomic E-state index is 0.102. The number of rotatable bonds is 6. The minimum atomic E-state index is -0.102. The second-order valence-electron chi connectivity index (χ2n) is 5.90. The number of ether oxygens (including phenoxy) is 1. The highest BCUT2D eigenvalue weighted by molar-refractivity contribution is 7.99. The first-order chi connectivity index (χ1) is 10.6. The van der Waals surface area contributed by atoms with Gasteiger partial charge in [0.1, 0.15) is 16.2 Å². The molecular weight excluding hydrogens is 316 g/mol. The number of esters is 1. The third-order valence-electron chi connectivity index (χ3n) is 4.21. The number of thiophene rings is 1. The van der Waals surface area contributed by atoms with E-state index in [1.165, 1.54) is 16.9 Å². The van der Waals surface area contributed by atoms with Crippen LogP contribution in [0.1, 0.15) is 30.2 Å². The number of aryl methyl sites for hydroxylation is 2. The average molecular weight is 336 g/mol. The van der Waals surface area contributed by atoms with Gasteiger partial charge in [-0.25, -0.2) is 9.97 Å². The Labute approximate surface area is 138 Å². The van der Waals surface area contributed by atoms with E-state index in [0.717, 1.165) is 21.2 Å². The lowest BCUT2D eigenvalue weighted by molar-refractivity contribution is -0.143. The normalized spacial score (nSPS) is 20.3. The van der Waals surface area contributed by atoms with Gasteiger partial charge in [-0.1, -0.05) is 6.92 Å². The van der Waals surface area contributed by atoms with Crippen LogP contribution in [0.4, 0.5) is 0 Å². The fraction of sp³-hybridized carbons (Fsp3) is 0.562. The largest absolute Gasteiger partial charge is 0.465 e. The number of carbonyl (C=O) groups excluding carboxylic acids is 1. The summed E-state index contributed by atoms with van der Waals surface area (Å²) in [7, 11) is 0. The zero-order chi connectivity index (χ0) is 15.7. The lowest BCUT2D eigenvalue weighted by atomic mass is 10.2. The summed E-state index contributed by atoms with van der Waals surface area (Å²) in [6, 6.07) is 0. The van der Waals surface area contributed by atoms with Crippen LogP contribution in [-0.4, -0.2) is 28.3 Å².